The Morgan fingerprint density at radius 3 is 1.58 bits per heavy atom. The average Bonchev–Trinajstić information content (AvgIpc) is 2.77. The van der Waals surface area contributed by atoms with E-state index >= 15 is 0 Å². The van der Waals surface area contributed by atoms with Gasteiger partial charge < -0.3 is 24.5 Å². The van der Waals surface area contributed by atoms with Gasteiger partial charge in [0.1, 0.15) is 0 Å². The van der Waals surface area contributed by atoms with Crippen molar-refractivity contribution in [1.29, 1.82) is 0 Å². The molecule has 4 aliphatic rings. The van der Waals surface area contributed by atoms with Gasteiger partial charge in [-0.15, -0.1) is 0 Å². The highest BCUT2D eigenvalue weighted by Gasteiger charge is 2.29. The monoisotopic (exact) mass is 433 g/mol. The predicted molar refractivity (Wildman–Crippen MR) is 132 cm³/mol. The Kier molecular flexibility index (Phi) is 9.10. The summed E-state index contributed by atoms with van der Waals surface area (Å²) in [6.07, 6.45) is 7.17. The van der Waals surface area contributed by atoms with Gasteiger partial charge in [-0.1, -0.05) is 13.8 Å². The highest BCUT2D eigenvalue weighted by molar-refractivity contribution is 4.83. The zero-order chi connectivity index (χ0) is 21.6. The van der Waals surface area contributed by atoms with Crippen LogP contribution >= 0.6 is 0 Å². The molecule has 0 bridgehead atoms. The molecule has 0 N–H and O–H groups in total. The smallest absolute Gasteiger partial charge is 0.0110 e. The van der Waals surface area contributed by atoms with Gasteiger partial charge >= 0.3 is 0 Å². The Hall–Kier alpha value is -0.200. The largest absolute Gasteiger partial charge is 0.304 e. The SMILES string of the molecule is CCN1CC(C)CC(CN2CCC(CN3CCC(CN4CCN(C)CC4)CC3)CC2)C1. The number of likely N-dealkylation sites (tertiary alicyclic amines) is 3. The molecule has 0 spiro atoms. The fraction of sp³-hybridized carbons (Fsp3) is 1.00. The van der Waals surface area contributed by atoms with Crippen LogP contribution in [0.4, 0.5) is 0 Å². The molecule has 0 saturated carbocycles. The third kappa shape index (κ3) is 7.40. The van der Waals surface area contributed by atoms with Gasteiger partial charge in [-0.25, -0.2) is 0 Å². The highest BCUT2D eigenvalue weighted by Crippen LogP contribution is 2.26. The fourth-order valence-electron chi connectivity index (χ4n) is 6.82. The molecule has 5 nitrogen and oxygen atoms in total. The van der Waals surface area contributed by atoms with Gasteiger partial charge in [0.15, 0.2) is 0 Å². The predicted octanol–water partition coefficient (Wildman–Crippen LogP) is 2.64. The van der Waals surface area contributed by atoms with Crippen molar-refractivity contribution in [1.82, 2.24) is 24.5 Å². The van der Waals surface area contributed by atoms with Crippen LogP contribution in [0.5, 0.6) is 0 Å². The zero-order valence-electron chi connectivity index (χ0n) is 21.0. The van der Waals surface area contributed by atoms with Gasteiger partial charge in [0.2, 0.25) is 0 Å². The van der Waals surface area contributed by atoms with Gasteiger partial charge in [-0.3, -0.25) is 0 Å². The lowest BCUT2D eigenvalue weighted by Crippen LogP contribution is -2.48. The second kappa shape index (κ2) is 11.8. The second-order valence-corrected chi connectivity index (χ2v) is 11.7. The minimum atomic E-state index is 0.885. The number of hydrogen-bond donors (Lipinski definition) is 0. The molecular formula is C26H51N5. The van der Waals surface area contributed by atoms with Crippen LogP contribution in [0.25, 0.3) is 0 Å². The van der Waals surface area contributed by atoms with Crippen molar-refractivity contribution in [2.45, 2.75) is 46.0 Å². The summed E-state index contributed by atoms with van der Waals surface area (Å²) in [6.45, 7) is 23.2. The maximum Gasteiger partial charge on any atom is 0.0110 e. The first-order valence-corrected chi connectivity index (χ1v) is 13.6. The normalized spacial score (nSPS) is 32.6. The van der Waals surface area contributed by atoms with Gasteiger partial charge in [0.25, 0.3) is 0 Å². The van der Waals surface area contributed by atoms with E-state index in [0.29, 0.717) is 0 Å². The molecule has 0 aromatic rings. The van der Waals surface area contributed by atoms with Crippen molar-refractivity contribution in [3.05, 3.63) is 0 Å². The molecule has 4 saturated heterocycles. The zero-order valence-corrected chi connectivity index (χ0v) is 21.0. The van der Waals surface area contributed by atoms with Gasteiger partial charge in [-0.05, 0) is 95.5 Å². The summed E-state index contributed by atoms with van der Waals surface area (Å²) < 4.78 is 0. The van der Waals surface area contributed by atoms with E-state index < -0.39 is 0 Å². The molecule has 2 atom stereocenters. The van der Waals surface area contributed by atoms with E-state index in [9.17, 15) is 0 Å². The van der Waals surface area contributed by atoms with Crippen LogP contribution in [0.1, 0.15) is 46.0 Å². The molecule has 0 aromatic carbocycles. The lowest BCUT2D eigenvalue weighted by atomic mass is 9.88. The molecule has 180 valence electrons. The summed E-state index contributed by atoms with van der Waals surface area (Å²) in [5.74, 6) is 3.68. The number of likely N-dealkylation sites (N-methyl/N-ethyl adjacent to an activating group) is 1. The number of piperidine rings is 3. The molecule has 0 amide bonds. The summed E-state index contributed by atoms with van der Waals surface area (Å²) in [5, 5.41) is 0. The minimum absolute atomic E-state index is 0.885. The number of nitrogens with zero attached hydrogens (tertiary/aromatic N) is 5. The molecule has 2 unspecified atom stereocenters. The van der Waals surface area contributed by atoms with E-state index in [4.69, 9.17) is 0 Å². The standard InChI is InChI=1S/C26H51N5/c1-4-28-18-23(2)17-26(21-28)22-30-11-7-24(8-12-30)19-29-9-5-25(6-10-29)20-31-15-13-27(3)14-16-31/h23-26H,4-22H2,1-3H3. The Bertz CT molecular complexity index is 504. The highest BCUT2D eigenvalue weighted by atomic mass is 15.2. The summed E-state index contributed by atoms with van der Waals surface area (Å²) in [4.78, 5) is 13.5. The molecule has 0 radical (unpaired) electrons. The molecule has 4 aliphatic heterocycles. The number of hydrogen-bond acceptors (Lipinski definition) is 5. The molecule has 4 fully saturated rings. The molecule has 31 heavy (non-hydrogen) atoms. The van der Waals surface area contributed by atoms with Crippen LogP contribution in [0.15, 0.2) is 0 Å². The first kappa shape index (κ1) is 23.9. The quantitative estimate of drug-likeness (QED) is 0.612. The van der Waals surface area contributed by atoms with Crippen molar-refractivity contribution in [3.63, 3.8) is 0 Å². The molecular weight excluding hydrogens is 382 g/mol. The van der Waals surface area contributed by atoms with Crippen LogP contribution in [-0.4, -0.2) is 123 Å². The molecule has 4 rings (SSSR count). The lowest BCUT2D eigenvalue weighted by molar-refractivity contribution is 0.0726. The first-order valence-electron chi connectivity index (χ1n) is 13.6. The Balaban J connectivity index is 1.10. The van der Waals surface area contributed by atoms with Crippen molar-refractivity contribution in [2.75, 3.05) is 98.7 Å². The lowest BCUT2D eigenvalue weighted by Gasteiger charge is -2.41. The number of rotatable bonds is 7. The third-order valence-electron chi connectivity index (χ3n) is 8.83. The molecule has 0 aromatic heterocycles. The van der Waals surface area contributed by atoms with E-state index in [0.717, 1.165) is 23.7 Å². The second-order valence-electron chi connectivity index (χ2n) is 11.7. The Labute approximate surface area is 193 Å². The van der Waals surface area contributed by atoms with Crippen molar-refractivity contribution in [3.8, 4) is 0 Å². The van der Waals surface area contributed by atoms with Crippen molar-refractivity contribution < 1.29 is 0 Å². The summed E-state index contributed by atoms with van der Waals surface area (Å²) in [7, 11) is 2.26. The maximum absolute atomic E-state index is 2.81. The third-order valence-corrected chi connectivity index (χ3v) is 8.83. The van der Waals surface area contributed by atoms with Gasteiger partial charge in [0, 0.05) is 58.9 Å². The molecule has 0 aliphatic carbocycles. The minimum Gasteiger partial charge on any atom is -0.304 e. The van der Waals surface area contributed by atoms with Crippen molar-refractivity contribution >= 4 is 0 Å². The first-order chi connectivity index (χ1) is 15.1. The summed E-state index contributed by atoms with van der Waals surface area (Å²) >= 11 is 0. The van der Waals surface area contributed by atoms with Crippen LogP contribution < -0.4 is 0 Å². The molecule has 4 heterocycles. The topological polar surface area (TPSA) is 16.2 Å². The maximum atomic E-state index is 2.81. The van der Waals surface area contributed by atoms with Gasteiger partial charge in [-0.2, -0.15) is 0 Å². The average molecular weight is 434 g/mol. The van der Waals surface area contributed by atoms with E-state index in [1.54, 1.807) is 0 Å². The fourth-order valence-corrected chi connectivity index (χ4v) is 6.82. The van der Waals surface area contributed by atoms with Crippen molar-refractivity contribution in [2.24, 2.45) is 23.7 Å². The van der Waals surface area contributed by atoms with Crippen LogP contribution in [0.3, 0.4) is 0 Å². The van der Waals surface area contributed by atoms with Crippen LogP contribution in [0.2, 0.25) is 0 Å². The van der Waals surface area contributed by atoms with E-state index in [2.05, 4.69) is 45.4 Å². The van der Waals surface area contributed by atoms with Crippen LogP contribution in [-0.2, 0) is 0 Å². The van der Waals surface area contributed by atoms with E-state index in [1.165, 1.54) is 124 Å². The van der Waals surface area contributed by atoms with E-state index in [1.807, 2.05) is 0 Å². The van der Waals surface area contributed by atoms with Crippen LogP contribution in [0, 0.1) is 23.7 Å². The Morgan fingerprint density at radius 1 is 0.581 bits per heavy atom. The molecule has 5 heteroatoms. The summed E-state index contributed by atoms with van der Waals surface area (Å²) in [6, 6.07) is 0. The summed E-state index contributed by atoms with van der Waals surface area (Å²) in [5.41, 5.74) is 0. The van der Waals surface area contributed by atoms with Gasteiger partial charge in [0.05, 0.1) is 0 Å². The van der Waals surface area contributed by atoms with E-state index in [-0.39, 0.29) is 0 Å². The number of piperazine rings is 1. The Morgan fingerprint density at radius 2 is 1.06 bits per heavy atom.